The Labute approximate surface area is 116 Å². The van der Waals surface area contributed by atoms with Crippen molar-refractivity contribution >= 4 is 21.7 Å². The van der Waals surface area contributed by atoms with Gasteiger partial charge in [0.25, 0.3) is 5.88 Å². The van der Waals surface area contributed by atoms with Gasteiger partial charge in [0.15, 0.2) is 17.5 Å². The van der Waals surface area contributed by atoms with Gasteiger partial charge in [0, 0.05) is 10.5 Å². The number of pyridine rings is 1. The van der Waals surface area contributed by atoms with Crippen molar-refractivity contribution < 1.29 is 13.5 Å². The Kier molecular flexibility index (Phi) is 3.96. The molecule has 0 atom stereocenters. The zero-order valence-corrected chi connectivity index (χ0v) is 11.5. The molecular formula is C12H10BrF2N3O. The lowest BCUT2D eigenvalue weighted by atomic mass is 10.2. The van der Waals surface area contributed by atoms with Crippen LogP contribution in [0.15, 0.2) is 28.7 Å². The van der Waals surface area contributed by atoms with Crippen molar-refractivity contribution in [3.05, 3.63) is 45.9 Å². The number of aromatic nitrogens is 1. The minimum absolute atomic E-state index is 0.288. The van der Waals surface area contributed by atoms with Crippen molar-refractivity contribution in [2.24, 2.45) is 5.84 Å². The maximum Gasteiger partial charge on any atom is 0.258 e. The molecule has 3 N–H and O–H groups in total. The second-order valence-corrected chi connectivity index (χ2v) is 4.68. The highest BCUT2D eigenvalue weighted by Crippen LogP contribution is 2.29. The maximum atomic E-state index is 13.6. The van der Waals surface area contributed by atoms with Gasteiger partial charge in [-0.3, -0.25) is 0 Å². The highest BCUT2D eigenvalue weighted by Gasteiger charge is 2.14. The Morgan fingerprint density at radius 2 is 2.00 bits per heavy atom. The molecule has 4 nitrogen and oxygen atoms in total. The zero-order valence-electron chi connectivity index (χ0n) is 9.88. The predicted octanol–water partition coefficient (Wildman–Crippen LogP) is 3.51. The number of hydrogen-bond acceptors (Lipinski definition) is 4. The second kappa shape index (κ2) is 5.50. The van der Waals surface area contributed by atoms with Gasteiger partial charge in [-0.1, -0.05) is 22.0 Å². The largest absolute Gasteiger partial charge is 0.436 e. The summed E-state index contributed by atoms with van der Waals surface area (Å²) in [6.45, 7) is 1.80. The van der Waals surface area contributed by atoms with Crippen LogP contribution in [0.25, 0.3) is 0 Å². The first-order chi connectivity index (χ1) is 9.01. The van der Waals surface area contributed by atoms with Crippen molar-refractivity contribution in [3.8, 4) is 11.6 Å². The van der Waals surface area contributed by atoms with Crippen LogP contribution in [0, 0.1) is 18.6 Å². The van der Waals surface area contributed by atoms with Gasteiger partial charge < -0.3 is 10.2 Å². The van der Waals surface area contributed by atoms with E-state index in [4.69, 9.17) is 10.6 Å². The van der Waals surface area contributed by atoms with Crippen LogP contribution < -0.4 is 16.0 Å². The van der Waals surface area contributed by atoms with Gasteiger partial charge in [-0.05, 0) is 24.6 Å². The molecule has 1 heterocycles. The molecule has 2 aromatic rings. The summed E-state index contributed by atoms with van der Waals surface area (Å²) >= 11 is 3.28. The van der Waals surface area contributed by atoms with E-state index in [-0.39, 0.29) is 11.7 Å². The van der Waals surface area contributed by atoms with E-state index in [2.05, 4.69) is 20.9 Å². The lowest BCUT2D eigenvalue weighted by Gasteiger charge is -2.10. The molecule has 0 amide bonds. The zero-order chi connectivity index (χ0) is 14.0. The molecule has 0 aliphatic rings. The van der Waals surface area contributed by atoms with E-state index in [9.17, 15) is 8.78 Å². The third kappa shape index (κ3) is 2.99. The van der Waals surface area contributed by atoms with Crippen LogP contribution in [0.4, 0.5) is 14.6 Å². The first-order valence-electron chi connectivity index (χ1n) is 5.28. The van der Waals surface area contributed by atoms with Crippen LogP contribution in [0.2, 0.25) is 0 Å². The van der Waals surface area contributed by atoms with E-state index in [0.717, 1.165) is 10.0 Å². The monoisotopic (exact) mass is 329 g/mol. The third-order valence-electron chi connectivity index (χ3n) is 2.39. The fourth-order valence-electron chi connectivity index (χ4n) is 1.41. The first-order valence-corrected chi connectivity index (χ1v) is 6.07. The topological polar surface area (TPSA) is 60.2 Å². The van der Waals surface area contributed by atoms with E-state index < -0.39 is 11.6 Å². The summed E-state index contributed by atoms with van der Waals surface area (Å²) in [6, 6.07) is 5.94. The number of ether oxygens (including phenoxy) is 1. The van der Waals surface area contributed by atoms with Gasteiger partial charge in [-0.25, -0.2) is 14.6 Å². The van der Waals surface area contributed by atoms with E-state index in [1.807, 2.05) is 11.5 Å². The molecule has 1 aromatic carbocycles. The number of nitrogen functional groups attached to an aromatic ring is 1. The standard InChI is InChI=1S/C12H10BrF2N3O/c1-6-2-3-7(13)4-10(6)19-12-9(15)5-8(14)11(17-12)18-16/h2-5H,16H2,1H3,(H,17,18). The van der Waals surface area contributed by atoms with E-state index in [1.165, 1.54) is 0 Å². The molecule has 0 unspecified atom stereocenters. The summed E-state index contributed by atoms with van der Waals surface area (Å²) in [5.41, 5.74) is 2.82. The van der Waals surface area contributed by atoms with Gasteiger partial charge in [-0.2, -0.15) is 4.98 Å². The van der Waals surface area contributed by atoms with Crippen LogP contribution in [-0.2, 0) is 0 Å². The average molecular weight is 330 g/mol. The predicted molar refractivity (Wildman–Crippen MR) is 70.9 cm³/mol. The summed E-state index contributed by atoms with van der Waals surface area (Å²) in [4.78, 5) is 3.63. The van der Waals surface area contributed by atoms with Gasteiger partial charge >= 0.3 is 0 Å². The molecule has 7 heteroatoms. The lowest BCUT2D eigenvalue weighted by molar-refractivity contribution is 0.415. The molecule has 0 spiro atoms. The molecule has 0 fully saturated rings. The minimum atomic E-state index is -0.907. The molecule has 0 aliphatic carbocycles. The number of aryl methyl sites for hydroxylation is 1. The van der Waals surface area contributed by atoms with Crippen molar-refractivity contribution in [1.29, 1.82) is 0 Å². The van der Waals surface area contributed by atoms with E-state index >= 15 is 0 Å². The Hall–Kier alpha value is -1.73. The van der Waals surface area contributed by atoms with Crippen LogP contribution in [-0.4, -0.2) is 4.98 Å². The number of nitrogens with one attached hydrogen (secondary N) is 1. The first kappa shape index (κ1) is 13.7. The van der Waals surface area contributed by atoms with Crippen molar-refractivity contribution in [3.63, 3.8) is 0 Å². The SMILES string of the molecule is Cc1ccc(Br)cc1Oc1nc(NN)c(F)cc1F. The summed E-state index contributed by atoms with van der Waals surface area (Å²) in [6.07, 6.45) is 0. The fourth-order valence-corrected chi connectivity index (χ4v) is 1.75. The number of benzene rings is 1. The lowest BCUT2D eigenvalue weighted by Crippen LogP contribution is -2.11. The Morgan fingerprint density at radius 3 is 2.68 bits per heavy atom. The van der Waals surface area contributed by atoms with Crippen molar-refractivity contribution in [1.82, 2.24) is 4.98 Å². The highest BCUT2D eigenvalue weighted by molar-refractivity contribution is 9.10. The van der Waals surface area contributed by atoms with E-state index in [0.29, 0.717) is 11.8 Å². The maximum absolute atomic E-state index is 13.6. The molecular weight excluding hydrogens is 320 g/mol. The minimum Gasteiger partial charge on any atom is -0.436 e. The molecule has 2 rings (SSSR count). The highest BCUT2D eigenvalue weighted by atomic mass is 79.9. The summed E-state index contributed by atoms with van der Waals surface area (Å²) in [5.74, 6) is 3.06. The number of anilines is 1. The van der Waals surface area contributed by atoms with Crippen LogP contribution >= 0.6 is 15.9 Å². The molecule has 0 saturated carbocycles. The molecule has 100 valence electrons. The van der Waals surface area contributed by atoms with E-state index in [1.54, 1.807) is 19.1 Å². The number of nitrogens with two attached hydrogens (primary N) is 1. The Morgan fingerprint density at radius 1 is 1.26 bits per heavy atom. The fraction of sp³-hybridized carbons (Fsp3) is 0.0833. The van der Waals surface area contributed by atoms with Crippen LogP contribution in [0.1, 0.15) is 5.56 Å². The molecule has 0 radical (unpaired) electrons. The van der Waals surface area contributed by atoms with Crippen LogP contribution in [0.3, 0.4) is 0 Å². The van der Waals surface area contributed by atoms with Gasteiger partial charge in [0.05, 0.1) is 0 Å². The van der Waals surface area contributed by atoms with Gasteiger partial charge in [0.2, 0.25) is 0 Å². The Balaban J connectivity index is 2.40. The molecule has 19 heavy (non-hydrogen) atoms. The van der Waals surface area contributed by atoms with Crippen LogP contribution in [0.5, 0.6) is 11.6 Å². The number of hydrogen-bond donors (Lipinski definition) is 2. The quantitative estimate of drug-likeness (QED) is 0.668. The number of hydrazine groups is 1. The number of halogens is 3. The number of rotatable bonds is 3. The second-order valence-electron chi connectivity index (χ2n) is 3.76. The molecule has 0 bridgehead atoms. The summed E-state index contributed by atoms with van der Waals surface area (Å²) in [5, 5.41) is 0. The number of nitrogens with zero attached hydrogens (tertiary/aromatic N) is 1. The van der Waals surface area contributed by atoms with Gasteiger partial charge in [0.1, 0.15) is 5.75 Å². The Bertz CT molecular complexity index is 622. The third-order valence-corrected chi connectivity index (χ3v) is 2.88. The molecule has 0 saturated heterocycles. The summed E-state index contributed by atoms with van der Waals surface area (Å²) in [7, 11) is 0. The molecule has 1 aromatic heterocycles. The van der Waals surface area contributed by atoms with Crippen molar-refractivity contribution in [2.45, 2.75) is 6.92 Å². The smallest absolute Gasteiger partial charge is 0.258 e. The van der Waals surface area contributed by atoms with Crippen molar-refractivity contribution in [2.75, 3.05) is 5.43 Å². The summed E-state index contributed by atoms with van der Waals surface area (Å²) < 4.78 is 32.9. The van der Waals surface area contributed by atoms with Gasteiger partial charge in [-0.15, -0.1) is 0 Å². The average Bonchev–Trinajstić information content (AvgIpc) is 2.37. The molecule has 0 aliphatic heterocycles. The normalized spacial score (nSPS) is 10.4.